The molecule has 0 amide bonds. The fourth-order valence-corrected chi connectivity index (χ4v) is 2.25. The van der Waals surface area contributed by atoms with Crippen LogP contribution in [0.3, 0.4) is 0 Å². The van der Waals surface area contributed by atoms with Gasteiger partial charge in [-0.2, -0.15) is 5.10 Å². The number of hydrogen-bond acceptors (Lipinski definition) is 3. The molecular weight excluding hydrogens is 212 g/mol. The lowest BCUT2D eigenvalue weighted by atomic mass is 9.92. The minimum Gasteiger partial charge on any atom is -0.324 e. The van der Waals surface area contributed by atoms with Gasteiger partial charge in [0.05, 0.1) is 17.9 Å². The minimum absolute atomic E-state index is 0.0570. The van der Waals surface area contributed by atoms with E-state index in [0.717, 1.165) is 17.5 Å². The largest absolute Gasteiger partial charge is 0.324 e. The van der Waals surface area contributed by atoms with Gasteiger partial charge in [0.2, 0.25) is 0 Å². The van der Waals surface area contributed by atoms with Gasteiger partial charge in [0, 0.05) is 24.0 Å². The average molecular weight is 232 g/mol. The highest BCUT2D eigenvalue weighted by Gasteiger charge is 2.16. The van der Waals surface area contributed by atoms with Crippen LogP contribution in [-0.2, 0) is 0 Å². The van der Waals surface area contributed by atoms with Crippen molar-refractivity contribution >= 4 is 5.52 Å². The number of hydrogen-bond donors (Lipinski definition) is 1. The van der Waals surface area contributed by atoms with Crippen LogP contribution >= 0.6 is 0 Å². The van der Waals surface area contributed by atoms with Crippen LogP contribution in [0.1, 0.15) is 44.7 Å². The molecule has 1 unspecified atom stereocenters. The lowest BCUT2D eigenvalue weighted by Crippen LogP contribution is -2.14. The van der Waals surface area contributed by atoms with Crippen LogP contribution < -0.4 is 5.73 Å². The topological polar surface area (TPSA) is 56.2 Å². The number of rotatable bonds is 5. The second kappa shape index (κ2) is 5.27. The standard InChI is InChI=1S/C13H20N4/c1-3-10(4-2)7-12(14)11-8-16-17-6-5-15-9-13(11)17/h5-6,8-10,12H,3-4,7,14H2,1-2H3. The fourth-order valence-electron chi connectivity index (χ4n) is 2.25. The van der Waals surface area contributed by atoms with E-state index in [4.69, 9.17) is 5.73 Å². The van der Waals surface area contributed by atoms with Gasteiger partial charge in [-0.1, -0.05) is 26.7 Å². The predicted octanol–water partition coefficient (Wildman–Crippen LogP) is 2.56. The lowest BCUT2D eigenvalue weighted by Gasteiger charge is -2.17. The van der Waals surface area contributed by atoms with E-state index in [9.17, 15) is 0 Å². The fraction of sp³-hybridized carbons (Fsp3) is 0.538. The zero-order valence-corrected chi connectivity index (χ0v) is 10.5. The summed E-state index contributed by atoms with van der Waals surface area (Å²) in [6.45, 7) is 4.44. The zero-order chi connectivity index (χ0) is 12.3. The third kappa shape index (κ3) is 2.47. The molecule has 0 aliphatic carbocycles. The summed E-state index contributed by atoms with van der Waals surface area (Å²) in [7, 11) is 0. The molecule has 2 rings (SSSR count). The van der Waals surface area contributed by atoms with Crippen molar-refractivity contribution in [1.82, 2.24) is 14.6 Å². The Labute approximate surface area is 102 Å². The molecule has 4 heteroatoms. The molecule has 0 fully saturated rings. The van der Waals surface area contributed by atoms with E-state index in [1.807, 2.05) is 23.1 Å². The first kappa shape index (κ1) is 12.0. The van der Waals surface area contributed by atoms with Crippen LogP contribution in [0.25, 0.3) is 5.52 Å². The van der Waals surface area contributed by atoms with Gasteiger partial charge in [-0.25, -0.2) is 4.52 Å². The maximum atomic E-state index is 6.28. The van der Waals surface area contributed by atoms with Crippen LogP contribution in [0.4, 0.5) is 0 Å². The van der Waals surface area contributed by atoms with Gasteiger partial charge in [0.1, 0.15) is 0 Å². The number of nitrogens with two attached hydrogens (primary N) is 1. The van der Waals surface area contributed by atoms with Gasteiger partial charge in [-0.15, -0.1) is 0 Å². The number of aromatic nitrogens is 3. The van der Waals surface area contributed by atoms with Crippen molar-refractivity contribution in [3.63, 3.8) is 0 Å². The molecule has 2 aromatic rings. The van der Waals surface area contributed by atoms with Crippen molar-refractivity contribution in [3.8, 4) is 0 Å². The molecule has 2 aromatic heterocycles. The van der Waals surface area contributed by atoms with E-state index in [1.165, 1.54) is 12.8 Å². The Morgan fingerprint density at radius 3 is 2.76 bits per heavy atom. The Hall–Kier alpha value is -1.42. The summed E-state index contributed by atoms with van der Waals surface area (Å²) in [5, 5.41) is 4.30. The smallest absolute Gasteiger partial charge is 0.0892 e. The second-order valence-corrected chi connectivity index (χ2v) is 4.53. The Morgan fingerprint density at radius 1 is 1.29 bits per heavy atom. The molecular formula is C13H20N4. The first-order valence-electron chi connectivity index (χ1n) is 6.29. The number of fused-ring (bicyclic) bond motifs is 1. The van der Waals surface area contributed by atoms with Crippen molar-refractivity contribution in [3.05, 3.63) is 30.4 Å². The molecule has 1 atom stereocenters. The molecule has 0 aromatic carbocycles. The molecule has 92 valence electrons. The lowest BCUT2D eigenvalue weighted by molar-refractivity contribution is 0.415. The van der Waals surface area contributed by atoms with Crippen LogP contribution in [0, 0.1) is 5.92 Å². The molecule has 0 saturated heterocycles. The quantitative estimate of drug-likeness (QED) is 0.862. The Bertz CT molecular complexity index is 473. The van der Waals surface area contributed by atoms with Crippen LogP contribution in [0.2, 0.25) is 0 Å². The van der Waals surface area contributed by atoms with Gasteiger partial charge >= 0.3 is 0 Å². The van der Waals surface area contributed by atoms with Gasteiger partial charge in [0.25, 0.3) is 0 Å². The zero-order valence-electron chi connectivity index (χ0n) is 10.5. The van der Waals surface area contributed by atoms with E-state index in [1.54, 1.807) is 6.20 Å². The van der Waals surface area contributed by atoms with Gasteiger partial charge in [0.15, 0.2) is 0 Å². The monoisotopic (exact) mass is 232 g/mol. The van der Waals surface area contributed by atoms with Crippen molar-refractivity contribution in [2.45, 2.75) is 39.2 Å². The first-order valence-corrected chi connectivity index (χ1v) is 6.29. The molecule has 0 aliphatic rings. The highest BCUT2D eigenvalue weighted by molar-refractivity contribution is 5.52. The Kier molecular flexibility index (Phi) is 3.74. The molecule has 0 aliphatic heterocycles. The molecule has 0 bridgehead atoms. The van der Waals surface area contributed by atoms with Crippen LogP contribution in [0.5, 0.6) is 0 Å². The molecule has 17 heavy (non-hydrogen) atoms. The van der Waals surface area contributed by atoms with Crippen LogP contribution in [-0.4, -0.2) is 14.6 Å². The van der Waals surface area contributed by atoms with Crippen molar-refractivity contribution in [1.29, 1.82) is 0 Å². The van der Waals surface area contributed by atoms with Gasteiger partial charge in [-0.3, -0.25) is 4.98 Å². The van der Waals surface area contributed by atoms with Gasteiger partial charge in [-0.05, 0) is 12.3 Å². The highest BCUT2D eigenvalue weighted by Crippen LogP contribution is 2.25. The van der Waals surface area contributed by atoms with Crippen molar-refractivity contribution in [2.75, 3.05) is 0 Å². The molecule has 2 N–H and O–H groups in total. The van der Waals surface area contributed by atoms with Crippen molar-refractivity contribution in [2.24, 2.45) is 11.7 Å². The summed E-state index contributed by atoms with van der Waals surface area (Å²) >= 11 is 0. The minimum atomic E-state index is 0.0570. The summed E-state index contributed by atoms with van der Waals surface area (Å²) in [6.07, 6.45) is 10.7. The summed E-state index contributed by atoms with van der Waals surface area (Å²) in [6, 6.07) is 0.0570. The number of nitrogens with zero attached hydrogens (tertiary/aromatic N) is 3. The Morgan fingerprint density at radius 2 is 2.06 bits per heavy atom. The summed E-state index contributed by atoms with van der Waals surface area (Å²) in [5.41, 5.74) is 8.40. The maximum Gasteiger partial charge on any atom is 0.0892 e. The van der Waals surface area contributed by atoms with E-state index in [0.29, 0.717) is 5.92 Å². The SMILES string of the molecule is CCC(CC)CC(N)c1cnn2ccncc12. The second-order valence-electron chi connectivity index (χ2n) is 4.53. The normalized spacial score (nSPS) is 13.4. The molecule has 0 spiro atoms. The maximum absolute atomic E-state index is 6.28. The third-order valence-corrected chi connectivity index (χ3v) is 3.50. The molecule has 4 nitrogen and oxygen atoms in total. The molecule has 0 saturated carbocycles. The van der Waals surface area contributed by atoms with E-state index >= 15 is 0 Å². The summed E-state index contributed by atoms with van der Waals surface area (Å²) in [4.78, 5) is 4.13. The highest BCUT2D eigenvalue weighted by atomic mass is 15.2. The van der Waals surface area contributed by atoms with Gasteiger partial charge < -0.3 is 5.73 Å². The predicted molar refractivity (Wildman–Crippen MR) is 68.6 cm³/mol. The summed E-state index contributed by atoms with van der Waals surface area (Å²) in [5.74, 6) is 0.691. The Balaban J connectivity index is 2.21. The average Bonchev–Trinajstić information content (AvgIpc) is 2.79. The molecule has 2 heterocycles. The summed E-state index contributed by atoms with van der Waals surface area (Å²) < 4.78 is 1.83. The van der Waals surface area contributed by atoms with Crippen LogP contribution in [0.15, 0.2) is 24.8 Å². The van der Waals surface area contributed by atoms with E-state index in [-0.39, 0.29) is 6.04 Å². The first-order chi connectivity index (χ1) is 8.26. The third-order valence-electron chi connectivity index (χ3n) is 3.50. The van der Waals surface area contributed by atoms with Crippen molar-refractivity contribution < 1.29 is 0 Å². The van der Waals surface area contributed by atoms with E-state index < -0.39 is 0 Å². The molecule has 0 radical (unpaired) electrons. The van der Waals surface area contributed by atoms with E-state index in [2.05, 4.69) is 23.9 Å².